The summed E-state index contributed by atoms with van der Waals surface area (Å²) in [6, 6.07) is 13.8. The number of aliphatic hydroxyl groups is 1. The number of rotatable bonds is 7. The Kier molecular flexibility index (Phi) is 5.46. The molecule has 0 bridgehead atoms. The van der Waals surface area contributed by atoms with Crippen molar-refractivity contribution in [3.05, 3.63) is 71.7 Å². The van der Waals surface area contributed by atoms with Crippen LogP contribution in [0.25, 0.3) is 10.9 Å². The molecule has 1 aromatic heterocycles. The van der Waals surface area contributed by atoms with Crippen LogP contribution in [0.2, 0.25) is 0 Å². The number of amides is 1. The Bertz CT molecular complexity index is 860. The molecule has 0 radical (unpaired) electrons. The lowest BCUT2D eigenvalue weighted by Gasteiger charge is -2.11. The van der Waals surface area contributed by atoms with Crippen LogP contribution in [0.4, 0.5) is 4.39 Å². The first kappa shape index (κ1) is 17.2. The highest BCUT2D eigenvalue weighted by atomic mass is 19.1. The summed E-state index contributed by atoms with van der Waals surface area (Å²) in [7, 11) is 0. The zero-order valence-electron chi connectivity index (χ0n) is 13.8. The first-order valence-electron chi connectivity index (χ1n) is 8.38. The topological polar surface area (TPSA) is 65.1 Å². The van der Waals surface area contributed by atoms with E-state index in [0.29, 0.717) is 12.1 Å². The van der Waals surface area contributed by atoms with Crippen LogP contribution in [0.15, 0.2) is 54.7 Å². The molecule has 0 aliphatic heterocycles. The van der Waals surface area contributed by atoms with Crippen LogP contribution in [0.1, 0.15) is 30.1 Å². The first-order chi connectivity index (χ1) is 12.1. The molecule has 0 saturated carbocycles. The van der Waals surface area contributed by atoms with E-state index >= 15 is 0 Å². The van der Waals surface area contributed by atoms with Crippen molar-refractivity contribution in [3.8, 4) is 0 Å². The van der Waals surface area contributed by atoms with Gasteiger partial charge in [-0.2, -0.15) is 0 Å². The van der Waals surface area contributed by atoms with Crippen LogP contribution in [0.3, 0.4) is 0 Å². The average molecular weight is 340 g/mol. The van der Waals surface area contributed by atoms with Gasteiger partial charge >= 0.3 is 0 Å². The molecule has 25 heavy (non-hydrogen) atoms. The van der Waals surface area contributed by atoms with Crippen molar-refractivity contribution in [2.45, 2.75) is 25.4 Å². The summed E-state index contributed by atoms with van der Waals surface area (Å²) in [6.45, 7) is 0.536. The van der Waals surface area contributed by atoms with E-state index in [9.17, 15) is 14.3 Å². The molecule has 0 saturated heterocycles. The third kappa shape index (κ3) is 4.45. The molecule has 2 aromatic carbocycles. The smallest absolute Gasteiger partial charge is 0.222 e. The third-order valence-electron chi connectivity index (χ3n) is 4.23. The Labute approximate surface area is 145 Å². The minimum Gasteiger partial charge on any atom is -0.388 e. The van der Waals surface area contributed by atoms with Crippen LogP contribution < -0.4 is 5.32 Å². The molecule has 0 fully saturated rings. The number of nitrogens with one attached hydrogen (secondary N) is 2. The summed E-state index contributed by atoms with van der Waals surface area (Å²) < 4.78 is 13.1. The van der Waals surface area contributed by atoms with Crippen LogP contribution in [0, 0.1) is 5.82 Å². The summed E-state index contributed by atoms with van der Waals surface area (Å²) in [5.41, 5.74) is 2.75. The zero-order chi connectivity index (χ0) is 17.6. The number of aryl methyl sites for hydroxylation is 1. The summed E-state index contributed by atoms with van der Waals surface area (Å²) in [4.78, 5) is 15.2. The van der Waals surface area contributed by atoms with Gasteiger partial charge in [-0.15, -0.1) is 0 Å². The van der Waals surface area contributed by atoms with Crippen molar-refractivity contribution in [1.82, 2.24) is 10.3 Å². The van der Waals surface area contributed by atoms with Crippen LogP contribution in [-0.2, 0) is 11.2 Å². The molecule has 0 spiro atoms. The molecule has 3 N–H and O–H groups in total. The molecular formula is C20H21FN2O2. The van der Waals surface area contributed by atoms with Crippen molar-refractivity contribution in [2.75, 3.05) is 6.54 Å². The number of benzene rings is 2. The number of aromatic amines is 1. The number of H-pyrrole nitrogens is 1. The average Bonchev–Trinajstić information content (AvgIpc) is 3.02. The fourth-order valence-corrected chi connectivity index (χ4v) is 2.92. The van der Waals surface area contributed by atoms with Crippen LogP contribution >= 0.6 is 0 Å². The number of para-hydroxylation sites is 1. The number of hydrogen-bond acceptors (Lipinski definition) is 2. The van der Waals surface area contributed by atoms with E-state index in [4.69, 9.17) is 0 Å². The van der Waals surface area contributed by atoms with E-state index in [1.165, 1.54) is 29.1 Å². The summed E-state index contributed by atoms with van der Waals surface area (Å²) in [5, 5.41) is 14.0. The van der Waals surface area contributed by atoms with Gasteiger partial charge in [-0.25, -0.2) is 4.39 Å². The van der Waals surface area contributed by atoms with Gasteiger partial charge in [0.2, 0.25) is 5.91 Å². The Morgan fingerprint density at radius 1 is 1.20 bits per heavy atom. The Hall–Kier alpha value is -2.66. The highest BCUT2D eigenvalue weighted by Gasteiger charge is 2.13. The van der Waals surface area contributed by atoms with Crippen molar-refractivity contribution in [2.24, 2.45) is 0 Å². The summed E-state index contributed by atoms with van der Waals surface area (Å²) >= 11 is 0. The first-order valence-corrected chi connectivity index (χ1v) is 8.38. The predicted molar refractivity (Wildman–Crippen MR) is 95.6 cm³/mol. The number of carbonyl (C=O) groups excluding carboxylic acids is 1. The highest BCUT2D eigenvalue weighted by molar-refractivity contribution is 5.83. The normalized spacial score (nSPS) is 12.2. The lowest BCUT2D eigenvalue weighted by molar-refractivity contribution is -0.123. The van der Waals surface area contributed by atoms with Gasteiger partial charge in [-0.3, -0.25) is 4.79 Å². The number of carbonyl (C=O) groups is 1. The number of aromatic nitrogens is 1. The quantitative estimate of drug-likeness (QED) is 0.577. The monoisotopic (exact) mass is 340 g/mol. The molecule has 1 amide bonds. The molecule has 3 rings (SSSR count). The lowest BCUT2D eigenvalue weighted by atomic mass is 10.1. The Morgan fingerprint density at radius 3 is 2.88 bits per heavy atom. The van der Waals surface area contributed by atoms with E-state index in [2.05, 4.69) is 16.4 Å². The van der Waals surface area contributed by atoms with Gasteiger partial charge < -0.3 is 15.4 Å². The van der Waals surface area contributed by atoms with E-state index < -0.39 is 11.9 Å². The van der Waals surface area contributed by atoms with Crippen LogP contribution in [0.5, 0.6) is 0 Å². The fraction of sp³-hybridized carbons (Fsp3) is 0.250. The molecule has 1 heterocycles. The number of hydrogen-bond donors (Lipinski definition) is 3. The summed E-state index contributed by atoms with van der Waals surface area (Å²) in [6.07, 6.45) is 2.60. The van der Waals surface area contributed by atoms with Gasteiger partial charge in [0.1, 0.15) is 5.82 Å². The third-order valence-corrected chi connectivity index (χ3v) is 4.23. The number of aliphatic hydroxyl groups excluding tert-OH is 1. The van der Waals surface area contributed by atoms with Crippen molar-refractivity contribution in [1.29, 1.82) is 0 Å². The predicted octanol–water partition coefficient (Wildman–Crippen LogP) is 3.48. The maximum Gasteiger partial charge on any atom is 0.222 e. The maximum absolute atomic E-state index is 13.1. The largest absolute Gasteiger partial charge is 0.388 e. The van der Waals surface area contributed by atoms with Gasteiger partial charge in [0, 0.05) is 23.6 Å². The second kappa shape index (κ2) is 7.94. The lowest BCUT2D eigenvalue weighted by Crippen LogP contribution is -2.26. The number of halogens is 1. The summed E-state index contributed by atoms with van der Waals surface area (Å²) in [5.74, 6) is -0.661. The van der Waals surface area contributed by atoms with E-state index in [1.54, 1.807) is 6.07 Å². The van der Waals surface area contributed by atoms with Crippen molar-refractivity contribution < 1.29 is 14.3 Å². The fourth-order valence-electron chi connectivity index (χ4n) is 2.92. The molecule has 4 nitrogen and oxygen atoms in total. The van der Waals surface area contributed by atoms with E-state index in [0.717, 1.165) is 18.4 Å². The highest BCUT2D eigenvalue weighted by Crippen LogP contribution is 2.19. The molecule has 0 aliphatic carbocycles. The second-order valence-electron chi connectivity index (χ2n) is 6.09. The zero-order valence-corrected chi connectivity index (χ0v) is 13.8. The molecule has 1 unspecified atom stereocenters. The van der Waals surface area contributed by atoms with E-state index in [1.807, 2.05) is 24.4 Å². The Morgan fingerprint density at radius 2 is 2.04 bits per heavy atom. The standard InChI is InChI=1S/C20H21FN2O2/c21-16-7-3-5-14(11-16)19(24)12-20(25)22-10-4-6-15-13-23-18-9-2-1-8-17(15)18/h1-3,5,7-9,11,13,19,23-24H,4,6,10,12H2,(H,22,25). The minimum absolute atomic E-state index is 0.0729. The van der Waals surface area contributed by atoms with Gasteiger partial charge in [-0.05, 0) is 42.2 Å². The van der Waals surface area contributed by atoms with Crippen LogP contribution in [-0.4, -0.2) is 22.5 Å². The Balaban J connectivity index is 1.43. The van der Waals surface area contributed by atoms with Gasteiger partial charge in [-0.1, -0.05) is 30.3 Å². The minimum atomic E-state index is -0.996. The molecule has 130 valence electrons. The van der Waals surface area contributed by atoms with Gasteiger partial charge in [0.25, 0.3) is 0 Å². The van der Waals surface area contributed by atoms with Gasteiger partial charge in [0.15, 0.2) is 0 Å². The molecule has 3 aromatic rings. The van der Waals surface area contributed by atoms with E-state index in [-0.39, 0.29) is 12.3 Å². The second-order valence-corrected chi connectivity index (χ2v) is 6.09. The molecular weight excluding hydrogens is 319 g/mol. The number of fused-ring (bicyclic) bond motifs is 1. The molecule has 0 aliphatic rings. The maximum atomic E-state index is 13.1. The van der Waals surface area contributed by atoms with Gasteiger partial charge in [0.05, 0.1) is 12.5 Å². The van der Waals surface area contributed by atoms with Crippen molar-refractivity contribution in [3.63, 3.8) is 0 Å². The van der Waals surface area contributed by atoms with Crippen molar-refractivity contribution >= 4 is 16.8 Å². The molecule has 1 atom stereocenters. The molecule has 5 heteroatoms. The SMILES string of the molecule is O=C(CC(O)c1cccc(F)c1)NCCCc1c[nH]c2ccccc12.